The van der Waals surface area contributed by atoms with Crippen molar-refractivity contribution < 1.29 is 4.79 Å². The Labute approximate surface area is 238 Å². The van der Waals surface area contributed by atoms with Crippen LogP contribution in [0.1, 0.15) is 59.8 Å². The number of aromatic amines is 1. The van der Waals surface area contributed by atoms with Gasteiger partial charge in [-0.1, -0.05) is 11.6 Å². The van der Waals surface area contributed by atoms with E-state index in [0.29, 0.717) is 28.2 Å². The molecule has 9 heteroatoms. The van der Waals surface area contributed by atoms with E-state index in [1.54, 1.807) is 12.1 Å². The molecule has 1 aliphatic heterocycles. The molecule has 2 heterocycles. The second-order valence-electron chi connectivity index (χ2n) is 11.4. The van der Waals surface area contributed by atoms with Gasteiger partial charge in [0, 0.05) is 72.8 Å². The number of nitrogens with zero attached hydrogens (tertiary/aromatic N) is 4. The van der Waals surface area contributed by atoms with Crippen LogP contribution in [0.25, 0.3) is 0 Å². The molecule has 4 rings (SSSR count). The molecule has 1 saturated carbocycles. The molecular weight excluding hydrogens is 512 g/mol. The summed E-state index contributed by atoms with van der Waals surface area (Å²) in [4.78, 5) is 39.2. The standard InChI is InChI=1S/C30H45ClN6O2/c1-7-37(24-10-8-23(9-11-24)34(4)5)27-18-22(31)17-25(21(27)3)30(39)32-19-26-28(38)16-20(2)33-29(26)36-14-12-35(6)13-15-36/h16-18,23-24H,7-15,19H2,1-6H3,(H,32,39)(H,33,38)/t23-,24-. The highest BCUT2D eigenvalue weighted by Gasteiger charge is 2.28. The second kappa shape index (κ2) is 12.7. The lowest BCUT2D eigenvalue weighted by Gasteiger charge is -2.40. The minimum absolute atomic E-state index is 0.0607. The number of amides is 1. The fraction of sp³-hybridized carbons (Fsp3) is 0.600. The number of pyridine rings is 1. The predicted molar refractivity (Wildman–Crippen MR) is 162 cm³/mol. The molecule has 2 N–H and O–H groups in total. The molecule has 1 amide bonds. The van der Waals surface area contributed by atoms with E-state index in [4.69, 9.17) is 11.6 Å². The summed E-state index contributed by atoms with van der Waals surface area (Å²) in [6, 6.07) is 6.39. The van der Waals surface area contributed by atoms with E-state index in [2.05, 4.69) is 58.0 Å². The highest BCUT2D eigenvalue weighted by molar-refractivity contribution is 6.31. The first-order valence-electron chi connectivity index (χ1n) is 14.3. The average molecular weight is 557 g/mol. The lowest BCUT2D eigenvalue weighted by atomic mass is 9.89. The van der Waals surface area contributed by atoms with E-state index in [9.17, 15) is 9.59 Å². The van der Waals surface area contributed by atoms with Crippen molar-refractivity contribution >= 4 is 29.0 Å². The highest BCUT2D eigenvalue weighted by Crippen LogP contribution is 2.34. The van der Waals surface area contributed by atoms with Crippen LogP contribution in [0.4, 0.5) is 11.5 Å². The van der Waals surface area contributed by atoms with E-state index in [1.165, 1.54) is 12.8 Å². The molecule has 0 radical (unpaired) electrons. The summed E-state index contributed by atoms with van der Waals surface area (Å²) in [6.45, 7) is 10.6. The lowest BCUT2D eigenvalue weighted by molar-refractivity contribution is 0.0950. The summed E-state index contributed by atoms with van der Waals surface area (Å²) in [5.74, 6) is 0.593. The van der Waals surface area contributed by atoms with Gasteiger partial charge >= 0.3 is 0 Å². The van der Waals surface area contributed by atoms with Crippen molar-refractivity contribution in [1.82, 2.24) is 20.1 Å². The van der Waals surface area contributed by atoms with Crippen molar-refractivity contribution in [3.63, 3.8) is 0 Å². The van der Waals surface area contributed by atoms with Crippen molar-refractivity contribution in [2.75, 3.05) is 63.7 Å². The summed E-state index contributed by atoms with van der Waals surface area (Å²) < 4.78 is 0. The van der Waals surface area contributed by atoms with Crippen LogP contribution in [-0.4, -0.2) is 86.6 Å². The van der Waals surface area contributed by atoms with Gasteiger partial charge in [0.15, 0.2) is 5.43 Å². The van der Waals surface area contributed by atoms with Gasteiger partial charge in [-0.2, -0.15) is 0 Å². The number of benzene rings is 1. The number of carbonyl (C=O) groups excluding carboxylic acids is 1. The van der Waals surface area contributed by atoms with E-state index in [1.807, 2.05) is 19.9 Å². The quantitative estimate of drug-likeness (QED) is 0.511. The fourth-order valence-corrected chi connectivity index (χ4v) is 6.36. The van der Waals surface area contributed by atoms with Gasteiger partial charge in [-0.05, 0) is 85.3 Å². The van der Waals surface area contributed by atoms with Gasteiger partial charge in [-0.15, -0.1) is 0 Å². The minimum Gasteiger partial charge on any atom is -0.369 e. The number of likely N-dealkylation sites (N-methyl/N-ethyl adjacent to an activating group) is 1. The molecule has 2 aromatic rings. The van der Waals surface area contributed by atoms with Gasteiger partial charge < -0.3 is 29.9 Å². The number of aryl methyl sites for hydroxylation is 1. The van der Waals surface area contributed by atoms with E-state index in [-0.39, 0.29) is 17.9 Å². The van der Waals surface area contributed by atoms with Crippen molar-refractivity contribution in [3.05, 3.63) is 55.8 Å². The zero-order valence-corrected chi connectivity index (χ0v) is 25.2. The maximum absolute atomic E-state index is 13.5. The monoisotopic (exact) mass is 556 g/mol. The molecule has 1 aromatic heterocycles. The third-order valence-corrected chi connectivity index (χ3v) is 8.79. The summed E-state index contributed by atoms with van der Waals surface area (Å²) in [6.07, 6.45) is 4.58. The molecule has 214 valence electrons. The number of halogens is 1. The van der Waals surface area contributed by atoms with Gasteiger partial charge in [0.1, 0.15) is 5.82 Å². The van der Waals surface area contributed by atoms with Gasteiger partial charge in [0.2, 0.25) is 0 Å². The fourth-order valence-electron chi connectivity index (χ4n) is 6.14. The first-order chi connectivity index (χ1) is 18.6. The van der Waals surface area contributed by atoms with Crippen LogP contribution in [0.15, 0.2) is 23.0 Å². The Balaban J connectivity index is 1.54. The maximum atomic E-state index is 13.5. The van der Waals surface area contributed by atoms with Gasteiger partial charge in [-0.25, -0.2) is 0 Å². The number of rotatable bonds is 8. The zero-order valence-electron chi connectivity index (χ0n) is 24.4. The molecule has 1 saturated heterocycles. The Bertz CT molecular complexity index is 1210. The highest BCUT2D eigenvalue weighted by atomic mass is 35.5. The van der Waals surface area contributed by atoms with Crippen LogP contribution in [0.5, 0.6) is 0 Å². The molecule has 39 heavy (non-hydrogen) atoms. The molecule has 0 bridgehead atoms. The summed E-state index contributed by atoms with van der Waals surface area (Å²) in [5, 5.41) is 3.58. The Hall–Kier alpha value is -2.55. The Morgan fingerprint density at radius 1 is 1.05 bits per heavy atom. The summed E-state index contributed by atoms with van der Waals surface area (Å²) >= 11 is 6.59. The molecule has 1 aromatic carbocycles. The zero-order chi connectivity index (χ0) is 28.3. The summed E-state index contributed by atoms with van der Waals surface area (Å²) in [5.41, 5.74) is 3.85. The lowest BCUT2D eigenvalue weighted by Crippen LogP contribution is -2.46. The molecule has 0 spiro atoms. The number of carbonyl (C=O) groups is 1. The number of hydrogen-bond donors (Lipinski definition) is 2. The van der Waals surface area contributed by atoms with Crippen molar-refractivity contribution in [2.24, 2.45) is 0 Å². The average Bonchev–Trinajstić information content (AvgIpc) is 2.90. The smallest absolute Gasteiger partial charge is 0.251 e. The van der Waals surface area contributed by atoms with Crippen molar-refractivity contribution in [2.45, 2.75) is 65.1 Å². The third kappa shape index (κ3) is 6.79. The first kappa shape index (κ1) is 29.4. The van der Waals surface area contributed by atoms with Gasteiger partial charge in [-0.3, -0.25) is 9.59 Å². The Morgan fingerprint density at radius 3 is 2.31 bits per heavy atom. The van der Waals surface area contributed by atoms with Crippen LogP contribution in [0.2, 0.25) is 5.02 Å². The van der Waals surface area contributed by atoms with Crippen LogP contribution in [0, 0.1) is 13.8 Å². The van der Waals surface area contributed by atoms with Crippen LogP contribution in [0.3, 0.4) is 0 Å². The second-order valence-corrected chi connectivity index (χ2v) is 11.9. The molecule has 8 nitrogen and oxygen atoms in total. The predicted octanol–water partition coefficient (Wildman–Crippen LogP) is 4.03. The van der Waals surface area contributed by atoms with E-state index in [0.717, 1.165) is 68.3 Å². The van der Waals surface area contributed by atoms with Crippen LogP contribution >= 0.6 is 11.6 Å². The maximum Gasteiger partial charge on any atom is 0.251 e. The largest absolute Gasteiger partial charge is 0.369 e. The first-order valence-corrected chi connectivity index (χ1v) is 14.6. The van der Waals surface area contributed by atoms with E-state index < -0.39 is 0 Å². The molecule has 1 aliphatic carbocycles. The minimum atomic E-state index is -0.215. The molecule has 0 atom stereocenters. The normalized spacial score (nSPS) is 20.4. The number of piperazine rings is 1. The Kier molecular flexibility index (Phi) is 9.62. The molecule has 0 unspecified atom stereocenters. The third-order valence-electron chi connectivity index (χ3n) is 8.57. The number of hydrogen-bond acceptors (Lipinski definition) is 6. The number of H-pyrrole nitrogens is 1. The topological polar surface area (TPSA) is 74.9 Å². The van der Waals surface area contributed by atoms with E-state index >= 15 is 0 Å². The van der Waals surface area contributed by atoms with Crippen LogP contribution in [-0.2, 0) is 6.54 Å². The van der Waals surface area contributed by atoms with Gasteiger partial charge in [0.05, 0.1) is 12.1 Å². The Morgan fingerprint density at radius 2 is 1.69 bits per heavy atom. The number of anilines is 2. The molecular formula is C30H45ClN6O2. The van der Waals surface area contributed by atoms with Crippen molar-refractivity contribution in [1.29, 1.82) is 0 Å². The molecule has 2 aliphatic rings. The number of aromatic nitrogens is 1. The summed E-state index contributed by atoms with van der Waals surface area (Å²) in [7, 11) is 6.42. The van der Waals surface area contributed by atoms with Gasteiger partial charge in [0.25, 0.3) is 5.91 Å². The van der Waals surface area contributed by atoms with Crippen LogP contribution < -0.4 is 20.5 Å². The molecule has 2 fully saturated rings. The number of nitrogens with one attached hydrogen (secondary N) is 2. The van der Waals surface area contributed by atoms with Crippen molar-refractivity contribution in [3.8, 4) is 0 Å². The SMILES string of the molecule is CCN(c1cc(Cl)cc(C(=O)NCc2c(N3CCN(C)CC3)[nH]c(C)cc2=O)c1C)[C@H]1CC[C@H](N(C)C)CC1.